The van der Waals surface area contributed by atoms with Crippen LogP contribution in [0.25, 0.3) is 0 Å². The molecule has 3 heteroatoms. The molecule has 1 saturated heterocycles. The predicted octanol–water partition coefficient (Wildman–Crippen LogP) is 3.83. The average molecular weight is 253 g/mol. The van der Waals surface area contributed by atoms with Crippen LogP contribution in [0.15, 0.2) is 0 Å². The van der Waals surface area contributed by atoms with Gasteiger partial charge in [0.05, 0.1) is 12.2 Å². The van der Waals surface area contributed by atoms with Crippen LogP contribution in [0, 0.1) is 11.3 Å². The topological polar surface area (TPSA) is 42.2 Å². The minimum atomic E-state index is 0.547. The Morgan fingerprint density at radius 3 is 2.50 bits per heavy atom. The lowest BCUT2D eigenvalue weighted by Gasteiger charge is -2.08. The molecular weight excluding hydrogens is 226 g/mol. The summed E-state index contributed by atoms with van der Waals surface area (Å²) < 4.78 is 11.2. The van der Waals surface area contributed by atoms with E-state index in [1.54, 1.807) is 0 Å². The van der Waals surface area contributed by atoms with Crippen LogP contribution in [0.3, 0.4) is 0 Å². The van der Waals surface area contributed by atoms with Crippen molar-refractivity contribution in [3.63, 3.8) is 0 Å². The first-order valence-electron chi connectivity index (χ1n) is 7.50. The lowest BCUT2D eigenvalue weighted by atomic mass is 10.1. The third kappa shape index (κ3) is 8.49. The maximum atomic E-state index is 8.38. The highest BCUT2D eigenvalue weighted by molar-refractivity contribution is 4.67. The molecule has 3 nitrogen and oxygen atoms in total. The Kier molecular flexibility index (Phi) is 9.88. The lowest BCUT2D eigenvalue weighted by Crippen LogP contribution is -2.04. The number of hydrogen-bond acceptors (Lipinski definition) is 3. The molecule has 0 aromatic heterocycles. The van der Waals surface area contributed by atoms with E-state index in [9.17, 15) is 0 Å². The predicted molar refractivity (Wildman–Crippen MR) is 72.3 cm³/mol. The van der Waals surface area contributed by atoms with Crippen molar-refractivity contribution in [2.45, 2.75) is 70.3 Å². The quantitative estimate of drug-likeness (QED) is 0.526. The zero-order valence-corrected chi connectivity index (χ0v) is 11.5. The Labute approximate surface area is 111 Å². The van der Waals surface area contributed by atoms with Crippen LogP contribution < -0.4 is 0 Å². The third-order valence-electron chi connectivity index (χ3n) is 3.42. The molecule has 1 rings (SSSR count). The Morgan fingerprint density at radius 2 is 1.83 bits per heavy atom. The molecule has 0 bridgehead atoms. The van der Waals surface area contributed by atoms with E-state index in [1.165, 1.54) is 38.5 Å². The van der Waals surface area contributed by atoms with Gasteiger partial charge in [-0.05, 0) is 38.5 Å². The van der Waals surface area contributed by atoms with Gasteiger partial charge < -0.3 is 9.47 Å². The Bertz CT molecular complexity index is 219. The molecule has 0 aromatic carbocycles. The number of ether oxygens (including phenoxy) is 2. The van der Waals surface area contributed by atoms with Gasteiger partial charge in [-0.3, -0.25) is 0 Å². The summed E-state index contributed by atoms with van der Waals surface area (Å²) in [6.07, 6.45) is 11.9. The van der Waals surface area contributed by atoms with Crippen molar-refractivity contribution in [1.29, 1.82) is 5.26 Å². The fourth-order valence-corrected chi connectivity index (χ4v) is 2.31. The van der Waals surface area contributed by atoms with Crippen LogP contribution >= 0.6 is 0 Å². The smallest absolute Gasteiger partial charge is 0.0621 e. The number of nitrogens with zero attached hydrogens (tertiary/aromatic N) is 1. The maximum Gasteiger partial charge on any atom is 0.0621 e. The van der Waals surface area contributed by atoms with E-state index in [4.69, 9.17) is 14.7 Å². The summed E-state index contributed by atoms with van der Waals surface area (Å²) in [6.45, 7) is 2.72. The molecule has 104 valence electrons. The second-order valence-corrected chi connectivity index (χ2v) is 5.07. The van der Waals surface area contributed by atoms with Gasteiger partial charge >= 0.3 is 0 Å². The Hall–Kier alpha value is -0.590. The van der Waals surface area contributed by atoms with E-state index in [-0.39, 0.29) is 0 Å². The summed E-state index contributed by atoms with van der Waals surface area (Å²) in [6, 6.07) is 2.16. The fraction of sp³-hybridized carbons (Fsp3) is 0.933. The minimum Gasteiger partial charge on any atom is -0.381 e. The van der Waals surface area contributed by atoms with Gasteiger partial charge in [0.15, 0.2) is 0 Å². The van der Waals surface area contributed by atoms with Gasteiger partial charge in [-0.15, -0.1) is 0 Å². The van der Waals surface area contributed by atoms with Crippen LogP contribution in [0.1, 0.15) is 64.2 Å². The summed E-state index contributed by atoms with van der Waals surface area (Å²) >= 11 is 0. The molecule has 1 aliphatic rings. The average Bonchev–Trinajstić information content (AvgIpc) is 2.89. The van der Waals surface area contributed by atoms with Crippen molar-refractivity contribution >= 4 is 0 Å². The Morgan fingerprint density at radius 1 is 1.06 bits per heavy atom. The molecule has 1 aliphatic heterocycles. The number of unbranched alkanes of at least 4 members (excludes halogenated alkanes) is 5. The summed E-state index contributed by atoms with van der Waals surface area (Å²) in [4.78, 5) is 0. The molecule has 0 amide bonds. The molecule has 0 aromatic rings. The number of nitriles is 1. The van der Waals surface area contributed by atoms with Crippen molar-refractivity contribution in [3.05, 3.63) is 0 Å². The van der Waals surface area contributed by atoms with Crippen molar-refractivity contribution in [2.24, 2.45) is 0 Å². The lowest BCUT2D eigenvalue weighted by molar-refractivity contribution is 0.0985. The van der Waals surface area contributed by atoms with E-state index in [2.05, 4.69) is 6.07 Å². The number of hydrogen-bond donors (Lipinski definition) is 0. The first kappa shape index (κ1) is 15.5. The van der Waals surface area contributed by atoms with Gasteiger partial charge in [-0.1, -0.05) is 19.3 Å². The van der Waals surface area contributed by atoms with E-state index in [1.807, 2.05) is 0 Å². The SMILES string of the molecule is N#CCCCCCOCCCCCC1CCCO1. The summed E-state index contributed by atoms with van der Waals surface area (Å²) in [5, 5.41) is 8.38. The largest absolute Gasteiger partial charge is 0.381 e. The second kappa shape index (κ2) is 11.5. The van der Waals surface area contributed by atoms with Crippen molar-refractivity contribution in [3.8, 4) is 6.07 Å². The highest BCUT2D eigenvalue weighted by Gasteiger charge is 2.14. The molecule has 1 unspecified atom stereocenters. The molecule has 18 heavy (non-hydrogen) atoms. The van der Waals surface area contributed by atoms with Crippen LogP contribution in [-0.4, -0.2) is 25.9 Å². The van der Waals surface area contributed by atoms with Crippen LogP contribution in [0.4, 0.5) is 0 Å². The highest BCUT2D eigenvalue weighted by atomic mass is 16.5. The third-order valence-corrected chi connectivity index (χ3v) is 3.42. The molecule has 1 atom stereocenters. The van der Waals surface area contributed by atoms with Gasteiger partial charge in [0, 0.05) is 26.2 Å². The first-order chi connectivity index (χ1) is 8.93. The van der Waals surface area contributed by atoms with Gasteiger partial charge in [0.2, 0.25) is 0 Å². The van der Waals surface area contributed by atoms with Crippen molar-refractivity contribution in [2.75, 3.05) is 19.8 Å². The summed E-state index contributed by atoms with van der Waals surface area (Å²) in [5.41, 5.74) is 0. The molecule has 0 saturated carbocycles. The Balaban J connectivity index is 1.69. The summed E-state index contributed by atoms with van der Waals surface area (Å²) in [5.74, 6) is 0. The molecular formula is C15H27NO2. The van der Waals surface area contributed by atoms with E-state index < -0.39 is 0 Å². The van der Waals surface area contributed by atoms with Gasteiger partial charge in [-0.25, -0.2) is 0 Å². The number of rotatable bonds is 11. The van der Waals surface area contributed by atoms with Crippen LogP contribution in [0.2, 0.25) is 0 Å². The summed E-state index contributed by atoms with van der Waals surface area (Å²) in [7, 11) is 0. The van der Waals surface area contributed by atoms with Crippen molar-refractivity contribution < 1.29 is 9.47 Å². The second-order valence-electron chi connectivity index (χ2n) is 5.07. The monoisotopic (exact) mass is 253 g/mol. The van der Waals surface area contributed by atoms with Crippen LogP contribution in [0.5, 0.6) is 0 Å². The van der Waals surface area contributed by atoms with Gasteiger partial charge in [0.1, 0.15) is 0 Å². The van der Waals surface area contributed by atoms with Gasteiger partial charge in [0.25, 0.3) is 0 Å². The van der Waals surface area contributed by atoms with E-state index in [0.29, 0.717) is 12.5 Å². The van der Waals surface area contributed by atoms with Crippen molar-refractivity contribution in [1.82, 2.24) is 0 Å². The zero-order chi connectivity index (χ0) is 12.9. The molecule has 0 spiro atoms. The van der Waals surface area contributed by atoms with Crippen LogP contribution in [-0.2, 0) is 9.47 Å². The first-order valence-corrected chi connectivity index (χ1v) is 7.50. The zero-order valence-electron chi connectivity index (χ0n) is 11.5. The molecule has 0 N–H and O–H groups in total. The maximum absolute atomic E-state index is 8.38. The highest BCUT2D eigenvalue weighted by Crippen LogP contribution is 2.18. The minimum absolute atomic E-state index is 0.547. The molecule has 1 heterocycles. The standard InChI is InChI=1S/C15H27NO2/c16-11-5-1-2-6-12-17-13-7-3-4-9-15-10-8-14-18-15/h15H,1-10,12-14H2. The molecule has 1 fully saturated rings. The molecule has 0 aliphatic carbocycles. The van der Waals surface area contributed by atoms with E-state index >= 15 is 0 Å². The normalized spacial score (nSPS) is 18.9. The van der Waals surface area contributed by atoms with Gasteiger partial charge in [-0.2, -0.15) is 5.26 Å². The fourth-order valence-electron chi connectivity index (χ4n) is 2.31. The van der Waals surface area contributed by atoms with E-state index in [0.717, 1.165) is 39.1 Å². The molecule has 0 radical (unpaired) electrons.